The Morgan fingerprint density at radius 2 is 1.92 bits per heavy atom. The van der Waals surface area contributed by atoms with E-state index < -0.39 is 0 Å². The highest BCUT2D eigenvalue weighted by atomic mass is 16.5. The lowest BCUT2D eigenvalue weighted by Gasteiger charge is -2.19. The smallest absolute Gasteiger partial charge is 0.0590 e. The third kappa shape index (κ3) is 5.56. The van der Waals surface area contributed by atoms with Gasteiger partial charge >= 0.3 is 0 Å². The Hall–Kier alpha value is -0.0800. The number of ether oxygens (including phenoxy) is 1. The Balaban J connectivity index is 3.24. The molecule has 0 fully saturated rings. The van der Waals surface area contributed by atoms with Crippen molar-refractivity contribution in [3.63, 3.8) is 0 Å². The highest BCUT2D eigenvalue weighted by Gasteiger charge is 2.07. The molecular formula is C10H23NO. The average molecular weight is 173 g/mol. The normalized spacial score (nSPS) is 16.0. The van der Waals surface area contributed by atoms with Crippen LogP contribution in [-0.4, -0.2) is 25.8 Å². The molecule has 0 aromatic heterocycles. The van der Waals surface area contributed by atoms with Crippen molar-refractivity contribution in [3.05, 3.63) is 0 Å². The molecule has 2 atom stereocenters. The first-order chi connectivity index (χ1) is 5.72. The van der Waals surface area contributed by atoms with E-state index in [1.54, 1.807) is 0 Å². The van der Waals surface area contributed by atoms with Crippen LogP contribution in [0.4, 0.5) is 0 Å². The second-order valence-corrected chi connectivity index (χ2v) is 3.33. The number of rotatable bonds is 7. The topological polar surface area (TPSA) is 21.3 Å². The fourth-order valence-corrected chi connectivity index (χ4v) is 1.06. The van der Waals surface area contributed by atoms with E-state index in [0.29, 0.717) is 6.04 Å². The van der Waals surface area contributed by atoms with Gasteiger partial charge in [0.15, 0.2) is 0 Å². The number of hydrogen-bond acceptors (Lipinski definition) is 2. The van der Waals surface area contributed by atoms with Crippen LogP contribution < -0.4 is 5.32 Å². The Morgan fingerprint density at radius 3 is 2.42 bits per heavy atom. The highest BCUT2D eigenvalue weighted by Crippen LogP contribution is 2.05. The summed E-state index contributed by atoms with van der Waals surface area (Å²) in [6.07, 6.45) is 1.24. The minimum absolute atomic E-state index is 0.607. The minimum Gasteiger partial charge on any atom is -0.380 e. The van der Waals surface area contributed by atoms with Crippen molar-refractivity contribution in [2.24, 2.45) is 5.92 Å². The van der Waals surface area contributed by atoms with E-state index >= 15 is 0 Å². The van der Waals surface area contributed by atoms with Crippen LogP contribution in [0.25, 0.3) is 0 Å². The number of nitrogens with one attached hydrogen (secondary N) is 1. The third-order valence-electron chi connectivity index (χ3n) is 2.41. The summed E-state index contributed by atoms with van der Waals surface area (Å²) in [7, 11) is 0. The summed E-state index contributed by atoms with van der Waals surface area (Å²) in [6, 6.07) is 0.607. The van der Waals surface area contributed by atoms with Crippen molar-refractivity contribution in [2.45, 2.75) is 40.2 Å². The molecule has 2 nitrogen and oxygen atoms in total. The summed E-state index contributed by atoms with van der Waals surface area (Å²) in [5, 5.41) is 3.44. The molecular weight excluding hydrogens is 150 g/mol. The zero-order valence-electron chi connectivity index (χ0n) is 8.89. The van der Waals surface area contributed by atoms with Crippen LogP contribution in [-0.2, 0) is 4.74 Å². The van der Waals surface area contributed by atoms with E-state index in [0.717, 1.165) is 25.7 Å². The van der Waals surface area contributed by atoms with Crippen molar-refractivity contribution in [2.75, 3.05) is 19.8 Å². The van der Waals surface area contributed by atoms with Crippen LogP contribution in [0.15, 0.2) is 0 Å². The van der Waals surface area contributed by atoms with Gasteiger partial charge in [0.1, 0.15) is 0 Å². The van der Waals surface area contributed by atoms with E-state index in [1.807, 2.05) is 6.92 Å². The van der Waals surface area contributed by atoms with Gasteiger partial charge < -0.3 is 10.1 Å². The summed E-state index contributed by atoms with van der Waals surface area (Å²) in [6.45, 7) is 11.4. The maximum atomic E-state index is 5.23. The third-order valence-corrected chi connectivity index (χ3v) is 2.41. The molecule has 0 aliphatic heterocycles. The predicted octanol–water partition coefficient (Wildman–Crippen LogP) is 2.05. The summed E-state index contributed by atoms with van der Waals surface area (Å²) in [5.41, 5.74) is 0. The molecule has 0 aliphatic rings. The fraction of sp³-hybridized carbons (Fsp3) is 1.00. The Kier molecular flexibility index (Phi) is 7.51. The first kappa shape index (κ1) is 11.9. The van der Waals surface area contributed by atoms with Crippen LogP contribution >= 0.6 is 0 Å². The molecule has 74 valence electrons. The van der Waals surface area contributed by atoms with E-state index in [2.05, 4.69) is 26.1 Å². The maximum Gasteiger partial charge on any atom is 0.0590 e. The van der Waals surface area contributed by atoms with Crippen molar-refractivity contribution in [1.82, 2.24) is 5.32 Å². The second-order valence-electron chi connectivity index (χ2n) is 3.33. The standard InChI is InChI=1S/C10H23NO/c1-5-9(3)10(4)11-7-8-12-6-2/h9-11H,5-8H2,1-4H3/t9-,10+/m0/s1. The molecule has 2 heteroatoms. The van der Waals surface area contributed by atoms with Gasteiger partial charge in [0.2, 0.25) is 0 Å². The molecule has 12 heavy (non-hydrogen) atoms. The molecule has 0 spiro atoms. The monoisotopic (exact) mass is 173 g/mol. The zero-order valence-corrected chi connectivity index (χ0v) is 8.89. The van der Waals surface area contributed by atoms with Gasteiger partial charge in [-0.15, -0.1) is 0 Å². The number of hydrogen-bond donors (Lipinski definition) is 1. The fourth-order valence-electron chi connectivity index (χ4n) is 1.06. The molecule has 0 bridgehead atoms. The van der Waals surface area contributed by atoms with Crippen LogP contribution in [0.3, 0.4) is 0 Å². The Morgan fingerprint density at radius 1 is 1.25 bits per heavy atom. The van der Waals surface area contributed by atoms with Crippen LogP contribution in [0.1, 0.15) is 34.1 Å². The Bertz CT molecular complexity index is 95.8. The highest BCUT2D eigenvalue weighted by molar-refractivity contribution is 4.66. The van der Waals surface area contributed by atoms with Gasteiger partial charge in [-0.25, -0.2) is 0 Å². The molecule has 0 heterocycles. The van der Waals surface area contributed by atoms with Gasteiger partial charge in [-0.3, -0.25) is 0 Å². The van der Waals surface area contributed by atoms with Crippen LogP contribution in [0, 0.1) is 5.92 Å². The van der Waals surface area contributed by atoms with E-state index in [1.165, 1.54) is 6.42 Å². The van der Waals surface area contributed by atoms with E-state index in [-0.39, 0.29) is 0 Å². The zero-order chi connectivity index (χ0) is 9.40. The summed E-state index contributed by atoms with van der Waals surface area (Å²) < 4.78 is 5.23. The molecule has 0 saturated heterocycles. The molecule has 1 N–H and O–H groups in total. The lowest BCUT2D eigenvalue weighted by atomic mass is 10.0. The van der Waals surface area contributed by atoms with Crippen molar-refractivity contribution < 1.29 is 4.74 Å². The van der Waals surface area contributed by atoms with Gasteiger partial charge in [-0.1, -0.05) is 20.3 Å². The lowest BCUT2D eigenvalue weighted by molar-refractivity contribution is 0.145. The molecule has 0 aromatic carbocycles. The van der Waals surface area contributed by atoms with Crippen molar-refractivity contribution in [3.8, 4) is 0 Å². The summed E-state index contributed by atoms with van der Waals surface area (Å²) in [5.74, 6) is 0.756. The lowest BCUT2D eigenvalue weighted by Crippen LogP contribution is -2.34. The Labute approximate surface area is 76.7 Å². The van der Waals surface area contributed by atoms with Gasteiger partial charge in [0, 0.05) is 19.2 Å². The summed E-state index contributed by atoms with van der Waals surface area (Å²) >= 11 is 0. The quantitative estimate of drug-likeness (QED) is 0.595. The minimum atomic E-state index is 0.607. The maximum absolute atomic E-state index is 5.23. The molecule has 0 saturated carbocycles. The first-order valence-corrected chi connectivity index (χ1v) is 5.03. The molecule has 0 rings (SSSR count). The largest absolute Gasteiger partial charge is 0.380 e. The van der Waals surface area contributed by atoms with Gasteiger partial charge in [0.25, 0.3) is 0 Å². The van der Waals surface area contributed by atoms with Gasteiger partial charge in [0.05, 0.1) is 6.61 Å². The molecule has 0 amide bonds. The average Bonchev–Trinajstić information content (AvgIpc) is 2.10. The van der Waals surface area contributed by atoms with Crippen LogP contribution in [0.2, 0.25) is 0 Å². The van der Waals surface area contributed by atoms with Crippen molar-refractivity contribution in [1.29, 1.82) is 0 Å². The molecule has 0 aromatic rings. The van der Waals surface area contributed by atoms with E-state index in [4.69, 9.17) is 4.74 Å². The van der Waals surface area contributed by atoms with Gasteiger partial charge in [-0.05, 0) is 19.8 Å². The van der Waals surface area contributed by atoms with Gasteiger partial charge in [-0.2, -0.15) is 0 Å². The summed E-state index contributed by atoms with van der Waals surface area (Å²) in [4.78, 5) is 0. The van der Waals surface area contributed by atoms with Crippen LogP contribution in [0.5, 0.6) is 0 Å². The van der Waals surface area contributed by atoms with Crippen molar-refractivity contribution >= 4 is 0 Å². The molecule has 0 unspecified atom stereocenters. The SMILES string of the molecule is CCOCCN[C@H](C)[C@@H](C)CC. The molecule has 0 aliphatic carbocycles. The molecule has 0 radical (unpaired) electrons. The van der Waals surface area contributed by atoms with E-state index in [9.17, 15) is 0 Å². The predicted molar refractivity (Wildman–Crippen MR) is 53.4 cm³/mol. The second kappa shape index (κ2) is 7.56. The first-order valence-electron chi connectivity index (χ1n) is 5.03.